The van der Waals surface area contributed by atoms with Crippen LogP contribution in [0.2, 0.25) is 0 Å². The van der Waals surface area contributed by atoms with Gasteiger partial charge in [0.25, 0.3) is 0 Å². The van der Waals surface area contributed by atoms with Gasteiger partial charge >= 0.3 is 19.5 Å². The van der Waals surface area contributed by atoms with E-state index in [1.807, 2.05) is 0 Å². The van der Waals surface area contributed by atoms with Gasteiger partial charge in [-0.1, -0.05) is 189 Å². The standard InChI is InChI=1S/2C23H39NS2.Zn/c2*1-3-5-7-9-11-13-16-20-17-15-19-22(24-23(25)26)21(20)18-14-12-10-8-6-4-2;/h2*15,17,19H,3-14,16,18H2,1-2H3,(H2,24,25,26);/q;;+2/p-2. The van der Waals surface area contributed by atoms with Gasteiger partial charge in [0.2, 0.25) is 0 Å². The second-order valence-electron chi connectivity index (χ2n) is 14.8. The molecule has 296 valence electrons. The van der Waals surface area contributed by atoms with Crippen molar-refractivity contribution in [3.8, 4) is 0 Å². The molecule has 7 heteroatoms. The first kappa shape index (κ1) is 52.3. The van der Waals surface area contributed by atoms with Crippen LogP contribution >= 0.6 is 24.4 Å². The number of hydrogen-bond donors (Lipinski definition) is 2. The van der Waals surface area contributed by atoms with E-state index in [9.17, 15) is 0 Å². The summed E-state index contributed by atoms with van der Waals surface area (Å²) in [5, 5.41) is 6.48. The molecule has 0 radical (unpaired) electrons. The maximum Gasteiger partial charge on any atom is 2.00 e. The molecule has 0 saturated heterocycles. The van der Waals surface area contributed by atoms with Gasteiger partial charge in [-0.3, -0.25) is 0 Å². The monoisotopic (exact) mass is 848 g/mol. The van der Waals surface area contributed by atoms with Crippen molar-refractivity contribution in [2.45, 2.75) is 207 Å². The third-order valence-corrected chi connectivity index (χ3v) is 10.6. The SMILES string of the molecule is CCCCCCCCc1cccc(NC(=S)[S-])c1CCCCCCCC.CCCCCCCCc1cccc(NC(=S)[S-])c1CCCCCCCC.[Zn+2]. The first-order valence-corrected chi connectivity index (χ1v) is 23.2. The summed E-state index contributed by atoms with van der Waals surface area (Å²) in [5.74, 6) is 0. The van der Waals surface area contributed by atoms with Gasteiger partial charge in [0.05, 0.1) is 0 Å². The van der Waals surface area contributed by atoms with Crippen molar-refractivity contribution in [1.29, 1.82) is 0 Å². The summed E-state index contributed by atoms with van der Waals surface area (Å²) in [6.07, 6.45) is 36.7. The van der Waals surface area contributed by atoms with E-state index in [0.29, 0.717) is 8.64 Å². The van der Waals surface area contributed by atoms with Gasteiger partial charge in [0.15, 0.2) is 0 Å². The van der Waals surface area contributed by atoms with E-state index in [1.54, 1.807) is 0 Å². The second-order valence-corrected chi connectivity index (χ2v) is 16.9. The molecule has 0 aliphatic heterocycles. The summed E-state index contributed by atoms with van der Waals surface area (Å²) < 4.78 is 0.900. The molecule has 0 atom stereocenters. The van der Waals surface area contributed by atoms with Gasteiger partial charge in [-0.25, -0.2) is 0 Å². The Hall–Kier alpha value is -0.717. The van der Waals surface area contributed by atoms with Gasteiger partial charge in [0.1, 0.15) is 0 Å². The van der Waals surface area contributed by atoms with E-state index in [1.165, 1.54) is 189 Å². The molecule has 0 aliphatic carbocycles. The number of unbranched alkanes of at least 4 members (excludes halogenated alkanes) is 20. The zero-order valence-corrected chi connectivity index (χ0v) is 40.8. The van der Waals surface area contributed by atoms with E-state index in [0.717, 1.165) is 24.2 Å². The Kier molecular flexibility index (Phi) is 36.4. The van der Waals surface area contributed by atoms with Gasteiger partial charge in [0, 0.05) is 11.4 Å². The number of hydrogen-bond acceptors (Lipinski definition) is 4. The molecule has 0 spiro atoms. The molecular weight excluding hydrogens is 774 g/mol. The van der Waals surface area contributed by atoms with Gasteiger partial charge in [-0.15, -0.1) is 0 Å². The zero-order chi connectivity index (χ0) is 38.1. The van der Waals surface area contributed by atoms with Crippen molar-refractivity contribution in [3.63, 3.8) is 0 Å². The van der Waals surface area contributed by atoms with Gasteiger partial charge < -0.3 is 60.3 Å². The Morgan fingerprint density at radius 1 is 0.415 bits per heavy atom. The molecule has 0 saturated carbocycles. The van der Waals surface area contributed by atoms with Crippen molar-refractivity contribution in [3.05, 3.63) is 58.7 Å². The molecule has 2 aromatic carbocycles. The molecule has 0 fully saturated rings. The summed E-state index contributed by atoms with van der Waals surface area (Å²) in [4.78, 5) is 0. The van der Waals surface area contributed by atoms with Crippen LogP contribution in [0.1, 0.15) is 204 Å². The predicted octanol–water partition coefficient (Wildman–Crippen LogP) is 15.5. The van der Waals surface area contributed by atoms with Crippen molar-refractivity contribution in [2.24, 2.45) is 0 Å². The van der Waals surface area contributed by atoms with Crippen LogP contribution in [-0.4, -0.2) is 8.64 Å². The van der Waals surface area contributed by atoms with E-state index in [4.69, 9.17) is 49.7 Å². The van der Waals surface area contributed by atoms with E-state index < -0.39 is 0 Å². The van der Waals surface area contributed by atoms with Crippen molar-refractivity contribution < 1.29 is 19.5 Å². The van der Waals surface area contributed by atoms with Crippen LogP contribution in [0.5, 0.6) is 0 Å². The zero-order valence-electron chi connectivity index (χ0n) is 34.6. The summed E-state index contributed by atoms with van der Waals surface area (Å²) >= 11 is 20.5. The van der Waals surface area contributed by atoms with Gasteiger partial charge in [-0.2, -0.15) is 0 Å². The smallest absolute Gasteiger partial charge is 0.411 e. The summed E-state index contributed by atoms with van der Waals surface area (Å²) in [6.45, 7) is 9.09. The Balaban J connectivity index is 0.00000100. The molecule has 2 nitrogen and oxygen atoms in total. The molecule has 0 unspecified atom stereocenters. The predicted molar refractivity (Wildman–Crippen MR) is 248 cm³/mol. The average Bonchev–Trinajstić information content (AvgIpc) is 3.12. The fraction of sp³-hybridized carbons (Fsp3) is 0.696. The quantitative estimate of drug-likeness (QED) is 0.0352. The molecule has 0 amide bonds. The molecule has 2 N–H and O–H groups in total. The molecule has 53 heavy (non-hydrogen) atoms. The van der Waals surface area contributed by atoms with Crippen LogP contribution < -0.4 is 10.6 Å². The summed E-state index contributed by atoms with van der Waals surface area (Å²) in [7, 11) is 0. The van der Waals surface area contributed by atoms with Crippen LogP contribution in [0.25, 0.3) is 0 Å². The Labute approximate surface area is 363 Å². The van der Waals surface area contributed by atoms with Crippen LogP contribution in [0.4, 0.5) is 11.4 Å². The number of anilines is 2. The minimum absolute atomic E-state index is 0. The molecular formula is C46H76N2S4Zn. The maximum atomic E-state index is 5.11. The fourth-order valence-electron chi connectivity index (χ4n) is 7.14. The van der Waals surface area contributed by atoms with Crippen molar-refractivity contribution in [1.82, 2.24) is 0 Å². The molecule has 2 aromatic rings. The number of nitrogens with one attached hydrogen (secondary N) is 2. The minimum atomic E-state index is 0. The first-order chi connectivity index (χ1) is 25.4. The first-order valence-electron chi connectivity index (χ1n) is 21.5. The number of aryl methyl sites for hydroxylation is 2. The Morgan fingerprint density at radius 2 is 0.679 bits per heavy atom. The van der Waals surface area contributed by atoms with Crippen LogP contribution in [0.3, 0.4) is 0 Å². The third-order valence-electron chi connectivity index (χ3n) is 10.2. The fourth-order valence-corrected chi connectivity index (χ4v) is 7.58. The molecule has 0 bridgehead atoms. The average molecular weight is 851 g/mol. The summed E-state index contributed by atoms with van der Waals surface area (Å²) in [6, 6.07) is 13.2. The van der Waals surface area contributed by atoms with E-state index in [-0.39, 0.29) is 19.5 Å². The molecule has 0 aromatic heterocycles. The number of thiocarbonyl (C=S) groups is 2. The van der Waals surface area contributed by atoms with E-state index >= 15 is 0 Å². The molecule has 0 heterocycles. The second kappa shape index (κ2) is 36.9. The molecule has 2 rings (SSSR count). The van der Waals surface area contributed by atoms with Crippen LogP contribution in [0.15, 0.2) is 36.4 Å². The number of rotatable bonds is 30. The largest absolute Gasteiger partial charge is 2.00 e. The third kappa shape index (κ3) is 27.5. The van der Waals surface area contributed by atoms with Crippen molar-refractivity contribution in [2.75, 3.05) is 10.6 Å². The van der Waals surface area contributed by atoms with Crippen LogP contribution in [-0.2, 0) is 70.4 Å². The Morgan fingerprint density at radius 3 is 0.962 bits per heavy atom. The van der Waals surface area contributed by atoms with Crippen LogP contribution in [0, 0.1) is 0 Å². The van der Waals surface area contributed by atoms with E-state index in [2.05, 4.69) is 74.7 Å². The normalized spacial score (nSPS) is 10.6. The topological polar surface area (TPSA) is 24.1 Å². The minimum Gasteiger partial charge on any atom is -0.411 e. The summed E-state index contributed by atoms with van der Waals surface area (Å²) in [5.41, 5.74) is 8.16. The number of benzene rings is 2. The van der Waals surface area contributed by atoms with Crippen molar-refractivity contribution >= 4 is 69.7 Å². The maximum absolute atomic E-state index is 5.11. The van der Waals surface area contributed by atoms with Gasteiger partial charge in [-0.05, 0) is 85.8 Å². The Bertz CT molecular complexity index is 1100. The molecule has 0 aliphatic rings.